The number of amides is 1. The third-order valence-electron chi connectivity index (χ3n) is 3.28. The van der Waals surface area contributed by atoms with Gasteiger partial charge in [-0.25, -0.2) is 4.99 Å². The molecule has 0 saturated carbocycles. The predicted molar refractivity (Wildman–Crippen MR) is 105 cm³/mol. The Morgan fingerprint density at radius 1 is 1.29 bits per heavy atom. The van der Waals surface area contributed by atoms with Crippen LogP contribution in [0.4, 0.5) is 0 Å². The average Bonchev–Trinajstić information content (AvgIpc) is 2.52. The average molecular weight is 332 g/mol. The Morgan fingerprint density at radius 2 is 2.00 bits per heavy atom. The van der Waals surface area contributed by atoms with E-state index in [1.807, 2.05) is 46.0 Å². The predicted octanol–water partition coefficient (Wildman–Crippen LogP) is 4.49. The fourth-order valence-electron chi connectivity index (χ4n) is 1.96. The topological polar surface area (TPSA) is 53.5 Å². The molecule has 0 bridgehead atoms. The lowest BCUT2D eigenvalue weighted by Crippen LogP contribution is -2.31. The van der Waals surface area contributed by atoms with Gasteiger partial charge in [0.1, 0.15) is 5.84 Å². The van der Waals surface area contributed by atoms with E-state index >= 15 is 0 Å². The molecule has 0 aromatic heterocycles. The molecule has 4 heteroatoms. The van der Waals surface area contributed by atoms with Crippen molar-refractivity contribution in [1.29, 1.82) is 0 Å². The lowest BCUT2D eigenvalue weighted by molar-refractivity contribution is -0.120. The van der Waals surface area contributed by atoms with Crippen LogP contribution in [0.25, 0.3) is 0 Å². The van der Waals surface area contributed by atoms with Gasteiger partial charge in [-0.15, -0.1) is 0 Å². The van der Waals surface area contributed by atoms with Gasteiger partial charge in [-0.1, -0.05) is 58.1 Å². The number of rotatable bonds is 10. The SMILES string of the molecule is C=C\C=C/C=C(C)/C(=C/N=C(CCCC)NC(=O)CC(C)C)NC. The summed E-state index contributed by atoms with van der Waals surface area (Å²) in [6, 6.07) is 0. The van der Waals surface area contributed by atoms with Crippen LogP contribution in [0.2, 0.25) is 0 Å². The van der Waals surface area contributed by atoms with Crippen LogP contribution >= 0.6 is 0 Å². The van der Waals surface area contributed by atoms with Gasteiger partial charge < -0.3 is 10.6 Å². The molecular formula is C20H33N3O. The standard InChI is InChI=1S/C20H33N3O/c1-7-9-11-12-17(5)18(21-6)15-22-19(13-10-8-2)23-20(24)14-16(3)4/h7,9,11-12,15-16,21H,1,8,10,13-14H2,2-6H3,(H,22,23,24)/b11-9-,17-12+,18-15-. The van der Waals surface area contributed by atoms with Gasteiger partial charge in [-0.3, -0.25) is 4.79 Å². The van der Waals surface area contributed by atoms with Gasteiger partial charge in [0.2, 0.25) is 5.91 Å². The lowest BCUT2D eigenvalue weighted by Gasteiger charge is -2.10. The number of nitrogens with zero attached hydrogens (tertiary/aromatic N) is 1. The Balaban J connectivity index is 5.20. The second-order valence-corrected chi connectivity index (χ2v) is 6.09. The van der Waals surface area contributed by atoms with E-state index in [2.05, 4.69) is 29.1 Å². The molecule has 0 atom stereocenters. The van der Waals surface area contributed by atoms with Crippen LogP contribution in [0.5, 0.6) is 0 Å². The minimum absolute atomic E-state index is 0.0282. The first-order valence-corrected chi connectivity index (χ1v) is 8.65. The van der Waals surface area contributed by atoms with Gasteiger partial charge in [0.25, 0.3) is 0 Å². The van der Waals surface area contributed by atoms with Crippen LogP contribution in [0.1, 0.15) is 53.4 Å². The van der Waals surface area contributed by atoms with Crippen molar-refractivity contribution in [2.24, 2.45) is 10.9 Å². The molecule has 0 spiro atoms. The van der Waals surface area contributed by atoms with Crippen LogP contribution in [-0.4, -0.2) is 18.8 Å². The number of carbonyl (C=O) groups excluding carboxylic acids is 1. The highest BCUT2D eigenvalue weighted by Gasteiger charge is 2.08. The highest BCUT2D eigenvalue weighted by molar-refractivity contribution is 5.98. The van der Waals surface area contributed by atoms with Crippen LogP contribution in [0.15, 0.2) is 53.3 Å². The van der Waals surface area contributed by atoms with E-state index in [0.29, 0.717) is 12.3 Å². The van der Waals surface area contributed by atoms with Gasteiger partial charge in [0.05, 0.1) is 11.9 Å². The summed E-state index contributed by atoms with van der Waals surface area (Å²) in [5.41, 5.74) is 1.97. The molecule has 24 heavy (non-hydrogen) atoms. The van der Waals surface area contributed by atoms with E-state index < -0.39 is 0 Å². The first kappa shape index (κ1) is 21.9. The van der Waals surface area contributed by atoms with Crippen molar-refractivity contribution in [3.63, 3.8) is 0 Å². The zero-order valence-corrected chi connectivity index (χ0v) is 15.9. The van der Waals surface area contributed by atoms with E-state index in [1.54, 1.807) is 12.3 Å². The lowest BCUT2D eigenvalue weighted by atomic mass is 10.1. The fourth-order valence-corrected chi connectivity index (χ4v) is 1.96. The maximum Gasteiger partial charge on any atom is 0.225 e. The molecule has 0 aliphatic heterocycles. The summed E-state index contributed by atoms with van der Waals surface area (Å²) in [7, 11) is 1.86. The first-order chi connectivity index (χ1) is 11.4. The first-order valence-electron chi connectivity index (χ1n) is 8.65. The molecular weight excluding hydrogens is 298 g/mol. The maximum absolute atomic E-state index is 12.0. The van der Waals surface area contributed by atoms with E-state index in [-0.39, 0.29) is 5.91 Å². The number of likely N-dealkylation sites (N-methyl/N-ethyl adjacent to an activating group) is 1. The van der Waals surface area contributed by atoms with Gasteiger partial charge in [-0.05, 0) is 24.8 Å². The van der Waals surface area contributed by atoms with Crippen molar-refractivity contribution in [3.8, 4) is 0 Å². The van der Waals surface area contributed by atoms with Crippen LogP contribution in [-0.2, 0) is 4.79 Å². The second-order valence-electron chi connectivity index (χ2n) is 6.09. The highest BCUT2D eigenvalue weighted by Crippen LogP contribution is 2.07. The smallest absolute Gasteiger partial charge is 0.225 e. The van der Waals surface area contributed by atoms with E-state index in [0.717, 1.165) is 36.4 Å². The molecule has 134 valence electrons. The van der Waals surface area contributed by atoms with E-state index in [4.69, 9.17) is 0 Å². The summed E-state index contributed by atoms with van der Waals surface area (Å²) >= 11 is 0. The highest BCUT2D eigenvalue weighted by atomic mass is 16.1. The molecule has 0 fully saturated rings. The molecule has 0 rings (SSSR count). The Hall–Kier alpha value is -2.10. The third kappa shape index (κ3) is 10.6. The molecule has 0 heterocycles. The molecule has 0 unspecified atom stereocenters. The maximum atomic E-state index is 12.0. The van der Waals surface area contributed by atoms with Crippen LogP contribution in [0, 0.1) is 5.92 Å². The van der Waals surface area contributed by atoms with Crippen molar-refractivity contribution < 1.29 is 4.79 Å². The molecule has 4 nitrogen and oxygen atoms in total. The van der Waals surface area contributed by atoms with Crippen molar-refractivity contribution in [2.45, 2.75) is 53.4 Å². The second kappa shape index (κ2) is 13.3. The van der Waals surface area contributed by atoms with Gasteiger partial charge in [0.15, 0.2) is 0 Å². The van der Waals surface area contributed by atoms with Gasteiger partial charge in [-0.2, -0.15) is 0 Å². The van der Waals surface area contributed by atoms with Crippen LogP contribution < -0.4 is 10.6 Å². The fraction of sp³-hybridized carbons (Fsp3) is 0.500. The molecule has 0 aromatic carbocycles. The summed E-state index contributed by atoms with van der Waals surface area (Å²) in [6.07, 6.45) is 12.6. The molecule has 1 amide bonds. The Bertz CT molecular complexity index is 511. The Labute approximate surface area is 147 Å². The van der Waals surface area contributed by atoms with Crippen molar-refractivity contribution >= 4 is 11.7 Å². The number of unbranched alkanes of at least 4 members (excludes halogenated alkanes) is 1. The monoisotopic (exact) mass is 331 g/mol. The number of hydrogen-bond donors (Lipinski definition) is 2. The van der Waals surface area contributed by atoms with Gasteiger partial charge >= 0.3 is 0 Å². The largest absolute Gasteiger partial charge is 0.387 e. The zero-order chi connectivity index (χ0) is 18.4. The van der Waals surface area contributed by atoms with Crippen LogP contribution in [0.3, 0.4) is 0 Å². The Kier molecular flexibility index (Phi) is 12.2. The molecule has 0 radical (unpaired) electrons. The quantitative estimate of drug-likeness (QED) is 0.352. The van der Waals surface area contributed by atoms with Crippen molar-refractivity contribution in [1.82, 2.24) is 10.6 Å². The summed E-state index contributed by atoms with van der Waals surface area (Å²) in [5, 5.41) is 6.08. The Morgan fingerprint density at radius 3 is 2.54 bits per heavy atom. The number of nitrogens with one attached hydrogen (secondary N) is 2. The number of hydrogen-bond acceptors (Lipinski definition) is 3. The van der Waals surface area contributed by atoms with E-state index in [1.165, 1.54) is 0 Å². The number of aliphatic imine (C=N–C) groups is 1. The third-order valence-corrected chi connectivity index (χ3v) is 3.28. The number of allylic oxidation sites excluding steroid dienone is 5. The number of carbonyl (C=O) groups is 1. The zero-order valence-electron chi connectivity index (χ0n) is 15.9. The summed E-state index contributed by atoms with van der Waals surface area (Å²) in [5.74, 6) is 1.09. The minimum atomic E-state index is 0.0282. The normalized spacial score (nSPS) is 13.5. The minimum Gasteiger partial charge on any atom is -0.387 e. The van der Waals surface area contributed by atoms with Gasteiger partial charge in [0, 0.05) is 19.9 Å². The summed E-state index contributed by atoms with van der Waals surface area (Å²) in [4.78, 5) is 16.5. The molecule has 0 aliphatic carbocycles. The summed E-state index contributed by atoms with van der Waals surface area (Å²) in [6.45, 7) is 11.9. The molecule has 0 aliphatic rings. The summed E-state index contributed by atoms with van der Waals surface area (Å²) < 4.78 is 0. The van der Waals surface area contributed by atoms with Crippen molar-refractivity contribution in [2.75, 3.05) is 7.05 Å². The van der Waals surface area contributed by atoms with Crippen molar-refractivity contribution in [3.05, 3.63) is 48.4 Å². The number of amidine groups is 1. The molecule has 0 aromatic rings. The molecule has 0 saturated heterocycles. The molecule has 2 N–H and O–H groups in total. The van der Waals surface area contributed by atoms with E-state index in [9.17, 15) is 4.79 Å².